The van der Waals surface area contributed by atoms with E-state index in [1.165, 1.54) is 24.2 Å². The highest BCUT2D eigenvalue weighted by atomic mass is 32.2. The molecule has 128 valence electrons. The predicted molar refractivity (Wildman–Crippen MR) is 89.4 cm³/mol. The third-order valence-electron chi connectivity index (χ3n) is 4.37. The van der Waals surface area contributed by atoms with Gasteiger partial charge in [-0.2, -0.15) is 0 Å². The second-order valence-electron chi connectivity index (χ2n) is 6.20. The SMILES string of the molecule is CCN(CCC(=O)Nc1nnc(C2CC2)s1)C1CCS(=O)(=O)C1. The van der Waals surface area contributed by atoms with E-state index in [-0.39, 0.29) is 23.5 Å². The van der Waals surface area contributed by atoms with Crippen molar-refractivity contribution in [2.75, 3.05) is 29.9 Å². The van der Waals surface area contributed by atoms with E-state index in [0.717, 1.165) is 11.6 Å². The molecular formula is C14H22N4O3S2. The maximum absolute atomic E-state index is 12.1. The highest BCUT2D eigenvalue weighted by Crippen LogP contribution is 2.42. The molecule has 1 aliphatic heterocycles. The minimum atomic E-state index is -2.90. The number of hydrogen-bond donors (Lipinski definition) is 1. The summed E-state index contributed by atoms with van der Waals surface area (Å²) in [7, 11) is -2.90. The van der Waals surface area contributed by atoms with Gasteiger partial charge in [0.15, 0.2) is 9.84 Å². The summed E-state index contributed by atoms with van der Waals surface area (Å²) in [4.78, 5) is 14.1. The van der Waals surface area contributed by atoms with Crippen LogP contribution < -0.4 is 5.32 Å². The minimum absolute atomic E-state index is 0.0424. The van der Waals surface area contributed by atoms with Crippen LogP contribution >= 0.6 is 11.3 Å². The number of amides is 1. The van der Waals surface area contributed by atoms with Crippen molar-refractivity contribution in [2.45, 2.75) is 44.6 Å². The van der Waals surface area contributed by atoms with Gasteiger partial charge in [0.05, 0.1) is 11.5 Å². The second-order valence-corrected chi connectivity index (χ2v) is 9.44. The van der Waals surface area contributed by atoms with Gasteiger partial charge in [-0.05, 0) is 25.8 Å². The van der Waals surface area contributed by atoms with Gasteiger partial charge in [0.25, 0.3) is 0 Å². The second kappa shape index (κ2) is 6.82. The molecule has 1 amide bonds. The zero-order valence-corrected chi connectivity index (χ0v) is 14.8. The van der Waals surface area contributed by atoms with Crippen LogP contribution in [-0.4, -0.2) is 60.1 Å². The Labute approximate surface area is 140 Å². The Morgan fingerprint density at radius 2 is 2.13 bits per heavy atom. The largest absolute Gasteiger partial charge is 0.300 e. The quantitative estimate of drug-likeness (QED) is 0.789. The molecule has 1 saturated carbocycles. The van der Waals surface area contributed by atoms with Crippen molar-refractivity contribution >= 4 is 32.2 Å². The van der Waals surface area contributed by atoms with Crippen LogP contribution in [0.2, 0.25) is 0 Å². The maximum Gasteiger partial charge on any atom is 0.227 e. The lowest BCUT2D eigenvalue weighted by Gasteiger charge is -2.26. The lowest BCUT2D eigenvalue weighted by atomic mass is 10.2. The van der Waals surface area contributed by atoms with E-state index in [0.29, 0.717) is 30.4 Å². The van der Waals surface area contributed by atoms with Gasteiger partial charge in [-0.15, -0.1) is 10.2 Å². The van der Waals surface area contributed by atoms with Crippen molar-refractivity contribution in [2.24, 2.45) is 0 Å². The van der Waals surface area contributed by atoms with Gasteiger partial charge in [-0.1, -0.05) is 18.3 Å². The first-order valence-electron chi connectivity index (χ1n) is 8.04. The van der Waals surface area contributed by atoms with Crippen LogP contribution in [0.15, 0.2) is 0 Å². The molecule has 1 aromatic rings. The van der Waals surface area contributed by atoms with Gasteiger partial charge < -0.3 is 5.32 Å². The highest BCUT2D eigenvalue weighted by Gasteiger charge is 2.31. The van der Waals surface area contributed by atoms with Crippen LogP contribution in [0.1, 0.15) is 43.5 Å². The number of rotatable bonds is 7. The third-order valence-corrected chi connectivity index (χ3v) is 7.12. The van der Waals surface area contributed by atoms with Crippen LogP contribution in [0, 0.1) is 0 Å². The average Bonchev–Trinajstić information content (AvgIpc) is 3.15. The molecule has 1 unspecified atom stereocenters. The van der Waals surface area contributed by atoms with Gasteiger partial charge >= 0.3 is 0 Å². The number of carbonyl (C=O) groups excluding carboxylic acids is 1. The Balaban J connectivity index is 1.47. The topological polar surface area (TPSA) is 92.3 Å². The summed E-state index contributed by atoms with van der Waals surface area (Å²) in [6.07, 6.45) is 3.33. The molecule has 2 aliphatic rings. The molecule has 7 nitrogen and oxygen atoms in total. The van der Waals surface area contributed by atoms with Gasteiger partial charge in [0.2, 0.25) is 11.0 Å². The Morgan fingerprint density at radius 3 is 2.74 bits per heavy atom. The number of aromatic nitrogens is 2. The molecule has 0 bridgehead atoms. The van der Waals surface area contributed by atoms with Crippen molar-refractivity contribution in [3.05, 3.63) is 5.01 Å². The summed E-state index contributed by atoms with van der Waals surface area (Å²) in [5.74, 6) is 0.916. The van der Waals surface area contributed by atoms with E-state index in [1.807, 2.05) is 6.92 Å². The fraction of sp³-hybridized carbons (Fsp3) is 0.786. The van der Waals surface area contributed by atoms with Gasteiger partial charge in [0, 0.05) is 24.9 Å². The first-order valence-corrected chi connectivity index (χ1v) is 10.7. The Hall–Kier alpha value is -1.06. The zero-order chi connectivity index (χ0) is 16.4. The van der Waals surface area contributed by atoms with Crippen molar-refractivity contribution < 1.29 is 13.2 Å². The van der Waals surface area contributed by atoms with Crippen LogP contribution in [0.5, 0.6) is 0 Å². The maximum atomic E-state index is 12.1. The Morgan fingerprint density at radius 1 is 1.35 bits per heavy atom. The molecule has 1 saturated heterocycles. The number of hydrogen-bond acceptors (Lipinski definition) is 7. The zero-order valence-electron chi connectivity index (χ0n) is 13.2. The highest BCUT2D eigenvalue weighted by molar-refractivity contribution is 7.91. The molecule has 23 heavy (non-hydrogen) atoms. The van der Waals surface area contributed by atoms with Gasteiger partial charge in [-0.25, -0.2) is 8.42 Å². The number of sulfone groups is 1. The van der Waals surface area contributed by atoms with Crippen molar-refractivity contribution in [1.29, 1.82) is 0 Å². The van der Waals surface area contributed by atoms with Gasteiger partial charge in [0.1, 0.15) is 5.01 Å². The van der Waals surface area contributed by atoms with E-state index in [2.05, 4.69) is 20.4 Å². The molecule has 1 atom stereocenters. The summed E-state index contributed by atoms with van der Waals surface area (Å²) >= 11 is 1.45. The first kappa shape index (κ1) is 16.8. The van der Waals surface area contributed by atoms with Crippen LogP contribution in [0.25, 0.3) is 0 Å². The molecule has 3 rings (SSSR count). The monoisotopic (exact) mass is 358 g/mol. The third kappa shape index (κ3) is 4.48. The molecule has 0 aromatic carbocycles. The molecule has 1 N–H and O–H groups in total. The van der Waals surface area contributed by atoms with Crippen LogP contribution in [0.4, 0.5) is 5.13 Å². The molecule has 0 spiro atoms. The van der Waals surface area contributed by atoms with E-state index in [4.69, 9.17) is 0 Å². The van der Waals surface area contributed by atoms with Crippen LogP contribution in [-0.2, 0) is 14.6 Å². The summed E-state index contributed by atoms with van der Waals surface area (Å²) in [6, 6.07) is 0.0424. The molecule has 1 aliphatic carbocycles. The van der Waals surface area contributed by atoms with E-state index in [9.17, 15) is 13.2 Å². The smallest absolute Gasteiger partial charge is 0.227 e. The Bertz CT molecular complexity index is 669. The predicted octanol–water partition coefficient (Wildman–Crippen LogP) is 1.25. The molecule has 2 fully saturated rings. The molecule has 9 heteroatoms. The summed E-state index contributed by atoms with van der Waals surface area (Å²) in [5, 5.41) is 12.5. The fourth-order valence-corrected chi connectivity index (χ4v) is 5.56. The molecular weight excluding hydrogens is 336 g/mol. The van der Waals surface area contributed by atoms with E-state index in [1.54, 1.807) is 0 Å². The lowest BCUT2D eigenvalue weighted by molar-refractivity contribution is -0.116. The Kier molecular flexibility index (Phi) is 4.98. The summed E-state index contributed by atoms with van der Waals surface area (Å²) in [5.41, 5.74) is 0. The lowest BCUT2D eigenvalue weighted by Crippen LogP contribution is -2.38. The molecule has 1 aromatic heterocycles. The molecule has 0 radical (unpaired) electrons. The summed E-state index contributed by atoms with van der Waals surface area (Å²) < 4.78 is 23.2. The number of carbonyl (C=O) groups is 1. The standard InChI is InChI=1S/C14H22N4O3S2/c1-2-18(11-6-8-23(20,21)9-11)7-5-12(19)15-14-17-16-13(22-14)10-3-4-10/h10-11H,2-9H2,1H3,(H,15,17,19). The molecule has 2 heterocycles. The fourth-order valence-electron chi connectivity index (χ4n) is 2.87. The van der Waals surface area contributed by atoms with Crippen molar-refractivity contribution in [1.82, 2.24) is 15.1 Å². The van der Waals surface area contributed by atoms with Gasteiger partial charge in [-0.3, -0.25) is 9.69 Å². The minimum Gasteiger partial charge on any atom is -0.300 e. The van der Waals surface area contributed by atoms with E-state index < -0.39 is 9.84 Å². The normalized spacial score (nSPS) is 23.3. The average molecular weight is 358 g/mol. The first-order chi connectivity index (χ1) is 11.0. The number of nitrogens with one attached hydrogen (secondary N) is 1. The number of nitrogens with zero attached hydrogens (tertiary/aromatic N) is 3. The van der Waals surface area contributed by atoms with Crippen molar-refractivity contribution in [3.8, 4) is 0 Å². The van der Waals surface area contributed by atoms with Crippen molar-refractivity contribution in [3.63, 3.8) is 0 Å². The van der Waals surface area contributed by atoms with Crippen LogP contribution in [0.3, 0.4) is 0 Å². The number of anilines is 1. The summed E-state index contributed by atoms with van der Waals surface area (Å²) in [6.45, 7) is 3.31. The van der Waals surface area contributed by atoms with E-state index >= 15 is 0 Å².